The van der Waals surface area contributed by atoms with Crippen LogP contribution in [-0.4, -0.2) is 13.8 Å². The first-order valence-corrected chi connectivity index (χ1v) is 8.45. The van der Waals surface area contributed by atoms with Gasteiger partial charge in [-0.25, -0.2) is 0 Å². The van der Waals surface area contributed by atoms with Gasteiger partial charge >= 0.3 is 0 Å². The molecule has 0 saturated carbocycles. The summed E-state index contributed by atoms with van der Waals surface area (Å²) in [7, 11) is -1.94. The Bertz CT molecular complexity index is 674. The Kier molecular flexibility index (Phi) is 3.44. The van der Waals surface area contributed by atoms with Gasteiger partial charge in [0.25, 0.3) is 0 Å². The lowest BCUT2D eigenvalue weighted by atomic mass is 10.1. The van der Waals surface area contributed by atoms with Crippen molar-refractivity contribution in [2.75, 3.05) is 0 Å². The first kappa shape index (κ1) is 12.1. The van der Waals surface area contributed by atoms with Crippen molar-refractivity contribution in [3.8, 4) is 0 Å². The summed E-state index contributed by atoms with van der Waals surface area (Å²) in [6.45, 7) is 0. The van der Waals surface area contributed by atoms with E-state index in [4.69, 9.17) is 0 Å². The molecule has 0 spiro atoms. The molecule has 94 valence electrons. The van der Waals surface area contributed by atoms with Crippen molar-refractivity contribution >= 4 is 25.0 Å². The SMILES string of the molecule is O[SiH](Cc1ccccc1)c1cccc2ccccc12. The average molecular weight is 264 g/mol. The second kappa shape index (κ2) is 5.39. The summed E-state index contributed by atoms with van der Waals surface area (Å²) >= 11 is 0. The molecule has 1 unspecified atom stereocenters. The zero-order chi connectivity index (χ0) is 13.1. The van der Waals surface area contributed by atoms with Crippen LogP contribution in [0.2, 0.25) is 0 Å². The highest BCUT2D eigenvalue weighted by atomic mass is 28.3. The molecule has 0 aliphatic heterocycles. The summed E-state index contributed by atoms with van der Waals surface area (Å²) in [6, 6.07) is 25.5. The summed E-state index contributed by atoms with van der Waals surface area (Å²) in [5.41, 5.74) is 1.22. The third-order valence-corrected chi connectivity index (χ3v) is 5.53. The number of hydrogen-bond acceptors (Lipinski definition) is 1. The molecule has 1 nitrogen and oxygen atoms in total. The van der Waals surface area contributed by atoms with Crippen molar-refractivity contribution in [2.45, 2.75) is 6.04 Å². The lowest BCUT2D eigenvalue weighted by Crippen LogP contribution is -2.33. The summed E-state index contributed by atoms with van der Waals surface area (Å²) in [5.74, 6) is 0. The smallest absolute Gasteiger partial charge is 0.208 e. The van der Waals surface area contributed by atoms with Gasteiger partial charge in [0.05, 0.1) is 0 Å². The molecule has 0 fully saturated rings. The summed E-state index contributed by atoms with van der Waals surface area (Å²) in [4.78, 5) is 10.6. The second-order valence-electron chi connectivity index (χ2n) is 4.77. The van der Waals surface area contributed by atoms with Crippen LogP contribution < -0.4 is 5.19 Å². The van der Waals surface area contributed by atoms with Crippen LogP contribution in [0.15, 0.2) is 72.8 Å². The van der Waals surface area contributed by atoms with Crippen LogP contribution in [0.5, 0.6) is 0 Å². The maximum atomic E-state index is 10.6. The molecular formula is C17H16OSi. The van der Waals surface area contributed by atoms with Gasteiger partial charge in [0.1, 0.15) is 0 Å². The summed E-state index contributed by atoms with van der Waals surface area (Å²) < 4.78 is 0. The fourth-order valence-corrected chi connectivity index (χ4v) is 4.38. The van der Waals surface area contributed by atoms with Crippen molar-refractivity contribution in [3.05, 3.63) is 78.4 Å². The molecule has 1 N–H and O–H groups in total. The monoisotopic (exact) mass is 264 g/mol. The molecule has 3 aromatic carbocycles. The lowest BCUT2D eigenvalue weighted by molar-refractivity contribution is 0.584. The number of benzene rings is 3. The normalized spacial score (nSPS) is 12.5. The van der Waals surface area contributed by atoms with Crippen molar-refractivity contribution < 1.29 is 4.80 Å². The molecule has 0 saturated heterocycles. The Morgan fingerprint density at radius 1 is 0.737 bits per heavy atom. The predicted molar refractivity (Wildman–Crippen MR) is 83.1 cm³/mol. The van der Waals surface area contributed by atoms with Gasteiger partial charge in [-0.15, -0.1) is 0 Å². The molecule has 0 radical (unpaired) electrons. The van der Waals surface area contributed by atoms with E-state index in [1.807, 2.05) is 36.4 Å². The van der Waals surface area contributed by atoms with Gasteiger partial charge in [-0.3, -0.25) is 0 Å². The van der Waals surface area contributed by atoms with Crippen LogP contribution in [0.3, 0.4) is 0 Å². The van der Waals surface area contributed by atoms with Crippen LogP contribution in [0.4, 0.5) is 0 Å². The van der Waals surface area contributed by atoms with Crippen LogP contribution in [0, 0.1) is 0 Å². The Morgan fingerprint density at radius 3 is 2.26 bits per heavy atom. The van der Waals surface area contributed by atoms with Crippen LogP contribution in [-0.2, 0) is 6.04 Å². The van der Waals surface area contributed by atoms with Gasteiger partial charge in [0.15, 0.2) is 0 Å². The topological polar surface area (TPSA) is 20.2 Å². The number of rotatable bonds is 3. The van der Waals surface area contributed by atoms with E-state index in [1.54, 1.807) is 0 Å². The van der Waals surface area contributed by atoms with E-state index in [-0.39, 0.29) is 0 Å². The van der Waals surface area contributed by atoms with Crippen molar-refractivity contribution in [3.63, 3.8) is 0 Å². The largest absolute Gasteiger partial charge is 0.430 e. The Labute approximate surface area is 114 Å². The standard InChI is InChI=1S/C17H16OSi/c18-19(13-14-7-2-1-3-8-14)17-12-6-10-15-9-4-5-11-16(15)17/h1-12,18-19H,13H2. The van der Waals surface area contributed by atoms with E-state index in [1.165, 1.54) is 16.3 Å². The predicted octanol–water partition coefficient (Wildman–Crippen LogP) is 2.54. The highest BCUT2D eigenvalue weighted by Crippen LogP contribution is 2.12. The molecule has 0 aliphatic carbocycles. The first-order chi connectivity index (χ1) is 9.34. The summed E-state index contributed by atoms with van der Waals surface area (Å²) in [6.07, 6.45) is 0. The van der Waals surface area contributed by atoms with Crippen molar-refractivity contribution in [1.82, 2.24) is 0 Å². The third-order valence-electron chi connectivity index (χ3n) is 3.45. The maximum absolute atomic E-state index is 10.6. The third kappa shape index (κ3) is 2.60. The van der Waals surface area contributed by atoms with E-state index in [2.05, 4.69) is 36.4 Å². The Balaban J connectivity index is 1.96. The Morgan fingerprint density at radius 2 is 1.42 bits per heavy atom. The molecule has 0 amide bonds. The van der Waals surface area contributed by atoms with E-state index < -0.39 is 9.04 Å². The van der Waals surface area contributed by atoms with Gasteiger partial charge in [-0.2, -0.15) is 0 Å². The molecule has 0 bridgehead atoms. The molecule has 0 aromatic heterocycles. The highest BCUT2D eigenvalue weighted by Gasteiger charge is 2.13. The molecule has 3 rings (SSSR count). The van der Waals surface area contributed by atoms with Gasteiger partial charge in [0.2, 0.25) is 9.04 Å². The van der Waals surface area contributed by atoms with Crippen molar-refractivity contribution in [1.29, 1.82) is 0 Å². The fraction of sp³-hybridized carbons (Fsp3) is 0.0588. The second-order valence-corrected chi connectivity index (χ2v) is 6.84. The maximum Gasteiger partial charge on any atom is 0.208 e. The molecular weight excluding hydrogens is 248 g/mol. The first-order valence-electron chi connectivity index (χ1n) is 6.54. The molecule has 2 heteroatoms. The van der Waals surface area contributed by atoms with Gasteiger partial charge in [0, 0.05) is 0 Å². The van der Waals surface area contributed by atoms with E-state index in [0.717, 1.165) is 11.2 Å². The van der Waals surface area contributed by atoms with Crippen LogP contribution in [0.1, 0.15) is 5.56 Å². The van der Waals surface area contributed by atoms with Gasteiger partial charge in [-0.1, -0.05) is 72.8 Å². The number of hydrogen-bond donors (Lipinski definition) is 1. The molecule has 0 heterocycles. The Hall–Kier alpha value is -1.90. The van der Waals surface area contributed by atoms with E-state index >= 15 is 0 Å². The minimum Gasteiger partial charge on any atom is -0.430 e. The van der Waals surface area contributed by atoms with Crippen LogP contribution in [0.25, 0.3) is 10.8 Å². The minimum atomic E-state index is -1.94. The van der Waals surface area contributed by atoms with E-state index in [0.29, 0.717) is 0 Å². The van der Waals surface area contributed by atoms with E-state index in [9.17, 15) is 4.80 Å². The van der Waals surface area contributed by atoms with Crippen LogP contribution >= 0.6 is 0 Å². The number of fused-ring (bicyclic) bond motifs is 1. The van der Waals surface area contributed by atoms with Crippen molar-refractivity contribution in [2.24, 2.45) is 0 Å². The van der Waals surface area contributed by atoms with Gasteiger partial charge < -0.3 is 4.80 Å². The fourth-order valence-electron chi connectivity index (χ4n) is 2.49. The minimum absolute atomic E-state index is 0.787. The molecule has 1 atom stereocenters. The summed E-state index contributed by atoms with van der Waals surface area (Å²) in [5, 5.41) is 3.54. The average Bonchev–Trinajstić information content (AvgIpc) is 2.47. The highest BCUT2D eigenvalue weighted by molar-refractivity contribution is 6.68. The molecule has 3 aromatic rings. The molecule has 19 heavy (non-hydrogen) atoms. The quantitative estimate of drug-likeness (QED) is 0.721. The van der Waals surface area contributed by atoms with Gasteiger partial charge in [-0.05, 0) is 27.6 Å². The molecule has 0 aliphatic rings. The zero-order valence-corrected chi connectivity index (χ0v) is 11.8. The zero-order valence-electron chi connectivity index (χ0n) is 10.7. The lowest BCUT2D eigenvalue weighted by Gasteiger charge is -2.12.